The monoisotopic (exact) mass is 379 g/mol. The quantitative estimate of drug-likeness (QED) is 0.748. The highest BCUT2D eigenvalue weighted by molar-refractivity contribution is 6.30. The number of ether oxygens (including phenoxy) is 1. The molecule has 2 aromatic rings. The molecule has 26 heavy (non-hydrogen) atoms. The lowest BCUT2D eigenvalue weighted by atomic mass is 10.2. The Morgan fingerprint density at radius 2 is 2.00 bits per heavy atom. The van der Waals surface area contributed by atoms with Crippen molar-refractivity contribution in [3.05, 3.63) is 40.5 Å². The Labute approximate surface area is 159 Å². The van der Waals surface area contributed by atoms with Gasteiger partial charge in [-0.2, -0.15) is 5.10 Å². The van der Waals surface area contributed by atoms with Gasteiger partial charge in [-0.05, 0) is 44.9 Å². The minimum absolute atomic E-state index is 0.202. The highest BCUT2D eigenvalue weighted by Crippen LogP contribution is 2.26. The zero-order valence-electron chi connectivity index (χ0n) is 15.9. The molecule has 1 heterocycles. The summed E-state index contributed by atoms with van der Waals surface area (Å²) >= 11 is 6.15. The van der Waals surface area contributed by atoms with Crippen molar-refractivity contribution in [2.45, 2.75) is 47.2 Å². The Kier molecular flexibility index (Phi) is 6.53. The van der Waals surface area contributed by atoms with Crippen LogP contribution < -0.4 is 9.64 Å². The van der Waals surface area contributed by atoms with Gasteiger partial charge < -0.3 is 9.84 Å². The van der Waals surface area contributed by atoms with Crippen molar-refractivity contribution in [3.63, 3.8) is 0 Å². The summed E-state index contributed by atoms with van der Waals surface area (Å²) in [6.07, 6.45) is -1.02. The molecule has 142 valence electrons. The summed E-state index contributed by atoms with van der Waals surface area (Å²) in [5.74, 6) is 1.59. The summed E-state index contributed by atoms with van der Waals surface area (Å²) in [5.41, 5.74) is 1.77. The Hall–Kier alpha value is -2.21. The minimum Gasteiger partial charge on any atom is -0.493 e. The topological polar surface area (TPSA) is 67.6 Å². The first-order valence-electron chi connectivity index (χ1n) is 8.66. The Balaban J connectivity index is 2.31. The Morgan fingerprint density at radius 3 is 2.58 bits per heavy atom. The third kappa shape index (κ3) is 4.91. The summed E-state index contributed by atoms with van der Waals surface area (Å²) < 4.78 is 7.66. The number of aromatic nitrogens is 2. The number of nitrogens with zero attached hydrogens (tertiary/aromatic N) is 3. The fourth-order valence-corrected chi connectivity index (χ4v) is 2.78. The number of hydrogen-bond acceptors (Lipinski definition) is 3. The van der Waals surface area contributed by atoms with E-state index in [4.69, 9.17) is 16.3 Å². The van der Waals surface area contributed by atoms with Crippen LogP contribution >= 0.6 is 11.6 Å². The van der Waals surface area contributed by atoms with Gasteiger partial charge in [-0.1, -0.05) is 25.4 Å². The smallest absolute Gasteiger partial charge is 0.413 e. The minimum atomic E-state index is -1.02. The van der Waals surface area contributed by atoms with E-state index in [1.54, 1.807) is 16.8 Å². The highest BCUT2D eigenvalue weighted by Gasteiger charge is 2.22. The average Bonchev–Trinajstić information content (AvgIpc) is 2.85. The van der Waals surface area contributed by atoms with E-state index in [0.717, 1.165) is 17.0 Å². The molecular formula is C19H26ClN3O3. The molecule has 0 aliphatic carbocycles. The predicted molar refractivity (Wildman–Crippen MR) is 103 cm³/mol. The normalized spacial score (nSPS) is 11.2. The van der Waals surface area contributed by atoms with E-state index in [-0.39, 0.29) is 6.04 Å². The zero-order valence-corrected chi connectivity index (χ0v) is 16.6. The van der Waals surface area contributed by atoms with E-state index >= 15 is 0 Å². The average molecular weight is 380 g/mol. The van der Waals surface area contributed by atoms with Gasteiger partial charge in [-0.25, -0.2) is 4.79 Å². The van der Waals surface area contributed by atoms with E-state index < -0.39 is 6.09 Å². The Morgan fingerprint density at radius 1 is 1.31 bits per heavy atom. The van der Waals surface area contributed by atoms with E-state index in [9.17, 15) is 9.90 Å². The van der Waals surface area contributed by atoms with Crippen LogP contribution in [0.1, 0.15) is 39.0 Å². The lowest BCUT2D eigenvalue weighted by molar-refractivity contribution is 0.199. The maximum Gasteiger partial charge on any atom is 0.413 e. The maximum absolute atomic E-state index is 11.5. The molecule has 0 radical (unpaired) electrons. The molecule has 1 aromatic heterocycles. The largest absolute Gasteiger partial charge is 0.493 e. The van der Waals surface area contributed by atoms with Crippen LogP contribution in [0.5, 0.6) is 5.75 Å². The summed E-state index contributed by atoms with van der Waals surface area (Å²) in [5, 5.41) is 14.5. The van der Waals surface area contributed by atoms with Crippen molar-refractivity contribution in [1.29, 1.82) is 0 Å². The first-order chi connectivity index (χ1) is 12.2. The molecule has 1 N–H and O–H groups in total. The van der Waals surface area contributed by atoms with Crippen LogP contribution in [0.2, 0.25) is 5.02 Å². The first-order valence-corrected chi connectivity index (χ1v) is 9.04. The molecule has 0 aliphatic rings. The molecule has 6 nitrogen and oxygen atoms in total. The molecule has 0 unspecified atom stereocenters. The number of aryl methyl sites for hydroxylation is 1. The number of amides is 1. The molecule has 7 heteroatoms. The van der Waals surface area contributed by atoms with Crippen LogP contribution in [-0.2, 0) is 6.54 Å². The summed E-state index contributed by atoms with van der Waals surface area (Å²) in [7, 11) is 0. The van der Waals surface area contributed by atoms with Gasteiger partial charge in [-0.3, -0.25) is 9.58 Å². The van der Waals surface area contributed by atoms with E-state index in [1.165, 1.54) is 4.90 Å². The van der Waals surface area contributed by atoms with Gasteiger partial charge in [-0.15, -0.1) is 0 Å². The molecule has 2 rings (SSSR count). The third-order valence-corrected chi connectivity index (χ3v) is 4.09. The van der Waals surface area contributed by atoms with Crippen LogP contribution in [0, 0.1) is 12.8 Å². The van der Waals surface area contributed by atoms with Crippen molar-refractivity contribution >= 4 is 23.5 Å². The number of halogens is 1. The standard InChI is InChI=1S/C19H26ClN3O3/c1-12(2)11-26-17-7-6-16(20)9-15(17)10-22-14(5)8-18(21-22)23(13(3)4)19(24)25/h6-9,12-13H,10-11H2,1-5H3,(H,24,25). The number of anilines is 1. The van der Waals surface area contributed by atoms with Crippen molar-refractivity contribution in [2.24, 2.45) is 5.92 Å². The molecule has 0 aliphatic heterocycles. The molecule has 0 saturated heterocycles. The van der Waals surface area contributed by atoms with Gasteiger partial charge in [0.15, 0.2) is 5.82 Å². The van der Waals surface area contributed by atoms with E-state index in [0.29, 0.717) is 29.9 Å². The first kappa shape index (κ1) is 20.1. The van der Waals surface area contributed by atoms with E-state index in [1.807, 2.05) is 32.9 Å². The molecule has 0 fully saturated rings. The SMILES string of the molecule is Cc1cc(N(C(=O)O)C(C)C)nn1Cc1cc(Cl)ccc1OCC(C)C. The van der Waals surface area contributed by atoms with Crippen LogP contribution in [-0.4, -0.2) is 33.6 Å². The van der Waals surface area contributed by atoms with Gasteiger partial charge in [0.25, 0.3) is 0 Å². The van der Waals surface area contributed by atoms with Crippen molar-refractivity contribution in [2.75, 3.05) is 11.5 Å². The van der Waals surface area contributed by atoms with Crippen LogP contribution in [0.4, 0.5) is 10.6 Å². The molecule has 0 saturated carbocycles. The fourth-order valence-electron chi connectivity index (χ4n) is 2.58. The van der Waals surface area contributed by atoms with Gasteiger partial charge in [0, 0.05) is 28.4 Å². The lowest BCUT2D eigenvalue weighted by Crippen LogP contribution is -2.36. The van der Waals surface area contributed by atoms with Crippen molar-refractivity contribution in [1.82, 2.24) is 9.78 Å². The van der Waals surface area contributed by atoms with E-state index in [2.05, 4.69) is 18.9 Å². The lowest BCUT2D eigenvalue weighted by Gasteiger charge is -2.20. The van der Waals surface area contributed by atoms with Gasteiger partial charge in [0.2, 0.25) is 0 Å². The van der Waals surface area contributed by atoms with Crippen molar-refractivity contribution < 1.29 is 14.6 Å². The molecule has 0 bridgehead atoms. The molecule has 1 amide bonds. The Bertz CT molecular complexity index is 771. The predicted octanol–water partition coefficient (Wildman–Crippen LogP) is 4.82. The van der Waals surface area contributed by atoms with Gasteiger partial charge in [0.05, 0.1) is 13.2 Å². The second-order valence-electron chi connectivity index (χ2n) is 7.00. The second kappa shape index (κ2) is 8.45. The summed E-state index contributed by atoms with van der Waals surface area (Å²) in [4.78, 5) is 12.8. The number of rotatable bonds is 7. The number of benzene rings is 1. The zero-order chi connectivity index (χ0) is 19.4. The maximum atomic E-state index is 11.5. The van der Waals surface area contributed by atoms with Gasteiger partial charge in [0.1, 0.15) is 5.75 Å². The van der Waals surface area contributed by atoms with Crippen LogP contribution in [0.25, 0.3) is 0 Å². The number of carbonyl (C=O) groups is 1. The highest BCUT2D eigenvalue weighted by atomic mass is 35.5. The molecule has 1 aromatic carbocycles. The third-order valence-electron chi connectivity index (χ3n) is 3.85. The molecule has 0 atom stereocenters. The molecular weight excluding hydrogens is 354 g/mol. The van der Waals surface area contributed by atoms with Gasteiger partial charge >= 0.3 is 6.09 Å². The van der Waals surface area contributed by atoms with Crippen LogP contribution in [0.3, 0.4) is 0 Å². The fraction of sp³-hybridized carbons (Fsp3) is 0.474. The number of hydrogen-bond donors (Lipinski definition) is 1. The summed E-state index contributed by atoms with van der Waals surface area (Å²) in [6, 6.07) is 7.08. The number of carboxylic acid groups (broad SMARTS) is 1. The van der Waals surface area contributed by atoms with Crippen LogP contribution in [0.15, 0.2) is 24.3 Å². The second-order valence-corrected chi connectivity index (χ2v) is 7.44. The van der Waals surface area contributed by atoms with Crippen molar-refractivity contribution in [3.8, 4) is 5.75 Å². The summed E-state index contributed by atoms with van der Waals surface area (Å²) in [6.45, 7) is 10.8. The molecule has 0 spiro atoms.